The second-order valence-electron chi connectivity index (χ2n) is 5.44. The summed E-state index contributed by atoms with van der Waals surface area (Å²) < 4.78 is 10.3. The summed E-state index contributed by atoms with van der Waals surface area (Å²) in [6.07, 6.45) is 0.131. The summed E-state index contributed by atoms with van der Waals surface area (Å²) in [5.41, 5.74) is 5.65. The van der Waals surface area contributed by atoms with Gasteiger partial charge >= 0.3 is 0 Å². The molecule has 0 aliphatic rings. The van der Waals surface area contributed by atoms with E-state index in [2.05, 4.69) is 16.2 Å². The lowest BCUT2D eigenvalue weighted by Gasteiger charge is -2.12. The number of hydrogen-bond donors (Lipinski definition) is 3. The average Bonchev–Trinajstić information content (AvgIpc) is 2.66. The van der Waals surface area contributed by atoms with Crippen LogP contribution in [-0.2, 0) is 16.0 Å². The van der Waals surface area contributed by atoms with E-state index < -0.39 is 5.91 Å². The van der Waals surface area contributed by atoms with E-state index in [-0.39, 0.29) is 29.1 Å². The van der Waals surface area contributed by atoms with Crippen molar-refractivity contribution >= 4 is 52.3 Å². The van der Waals surface area contributed by atoms with E-state index in [1.165, 1.54) is 6.07 Å². The summed E-state index contributed by atoms with van der Waals surface area (Å²) in [6, 6.07) is 11.7. The van der Waals surface area contributed by atoms with E-state index >= 15 is 0 Å². The number of amides is 2. The first-order valence-corrected chi connectivity index (χ1v) is 9.13. The number of carbonyl (C=O) groups excluding carboxylic acids is 2. The van der Waals surface area contributed by atoms with Gasteiger partial charge in [0.15, 0.2) is 11.7 Å². The Morgan fingerprint density at radius 1 is 1.04 bits per heavy atom. The SMILES string of the molecule is COc1ccc(CC(=O)NNC(=S)NC(=O)COc2ccc(Cl)cc2Cl)cc1. The third-order valence-corrected chi connectivity index (χ3v) is 4.08. The van der Waals surface area contributed by atoms with E-state index in [0.29, 0.717) is 16.5 Å². The highest BCUT2D eigenvalue weighted by Gasteiger charge is 2.09. The molecule has 2 aromatic carbocycles. The first-order chi connectivity index (χ1) is 13.4. The van der Waals surface area contributed by atoms with Gasteiger partial charge in [-0.25, -0.2) is 0 Å². The van der Waals surface area contributed by atoms with Crippen LogP contribution in [0, 0.1) is 0 Å². The molecule has 0 aliphatic carbocycles. The molecular formula is C18H17Cl2N3O4S. The van der Waals surface area contributed by atoms with E-state index in [1.807, 2.05) is 0 Å². The summed E-state index contributed by atoms with van der Waals surface area (Å²) >= 11 is 16.7. The molecule has 0 heterocycles. The van der Waals surface area contributed by atoms with Crippen LogP contribution in [0.3, 0.4) is 0 Å². The van der Waals surface area contributed by atoms with Crippen LogP contribution in [0.15, 0.2) is 42.5 Å². The van der Waals surface area contributed by atoms with Crippen molar-refractivity contribution in [2.24, 2.45) is 0 Å². The Balaban J connectivity index is 1.70. The minimum absolute atomic E-state index is 0.0705. The molecule has 28 heavy (non-hydrogen) atoms. The molecule has 2 rings (SSSR count). The number of nitrogens with one attached hydrogen (secondary N) is 3. The molecule has 148 valence electrons. The molecule has 0 aliphatic heterocycles. The lowest BCUT2D eigenvalue weighted by Crippen LogP contribution is -2.49. The largest absolute Gasteiger partial charge is 0.497 e. The van der Waals surface area contributed by atoms with E-state index in [9.17, 15) is 9.59 Å². The minimum atomic E-state index is -0.520. The Morgan fingerprint density at radius 2 is 1.75 bits per heavy atom. The second kappa shape index (κ2) is 10.7. The smallest absolute Gasteiger partial charge is 0.264 e. The maximum absolute atomic E-state index is 11.9. The number of benzene rings is 2. The fraction of sp³-hybridized carbons (Fsp3) is 0.167. The number of thiocarbonyl (C=S) groups is 1. The molecule has 3 N–H and O–H groups in total. The number of ether oxygens (including phenoxy) is 2. The summed E-state index contributed by atoms with van der Waals surface area (Å²) in [5.74, 6) is 0.167. The van der Waals surface area contributed by atoms with E-state index in [1.54, 1.807) is 43.5 Å². The fourth-order valence-electron chi connectivity index (χ4n) is 2.03. The molecule has 7 nitrogen and oxygen atoms in total. The van der Waals surface area contributed by atoms with Gasteiger partial charge in [0.25, 0.3) is 5.91 Å². The summed E-state index contributed by atoms with van der Waals surface area (Å²) in [7, 11) is 1.57. The zero-order valence-electron chi connectivity index (χ0n) is 14.8. The van der Waals surface area contributed by atoms with Crippen LogP contribution in [0.1, 0.15) is 5.56 Å². The van der Waals surface area contributed by atoms with Crippen LogP contribution in [0.25, 0.3) is 0 Å². The normalized spacial score (nSPS) is 9.96. The monoisotopic (exact) mass is 441 g/mol. The van der Waals surface area contributed by atoms with Gasteiger partial charge in [0.1, 0.15) is 11.5 Å². The lowest BCUT2D eigenvalue weighted by atomic mass is 10.1. The van der Waals surface area contributed by atoms with Crippen LogP contribution >= 0.6 is 35.4 Å². The first kappa shape index (κ1) is 21.7. The quantitative estimate of drug-likeness (QED) is 0.471. The first-order valence-electron chi connectivity index (χ1n) is 7.97. The Morgan fingerprint density at radius 3 is 2.39 bits per heavy atom. The molecule has 2 amide bonds. The summed E-state index contributed by atoms with van der Waals surface area (Å²) in [5, 5.41) is 3.04. The molecule has 0 saturated heterocycles. The number of hydrogen-bond acceptors (Lipinski definition) is 5. The summed E-state index contributed by atoms with van der Waals surface area (Å²) in [6.45, 7) is -0.317. The number of halogens is 2. The van der Waals surface area contributed by atoms with Gasteiger partial charge in [-0.3, -0.25) is 25.8 Å². The van der Waals surface area contributed by atoms with Crippen molar-refractivity contribution in [1.29, 1.82) is 0 Å². The molecular weight excluding hydrogens is 425 g/mol. The maximum Gasteiger partial charge on any atom is 0.264 e. The van der Waals surface area contributed by atoms with Gasteiger partial charge in [0.2, 0.25) is 5.91 Å². The zero-order valence-corrected chi connectivity index (χ0v) is 17.1. The highest BCUT2D eigenvalue weighted by atomic mass is 35.5. The Bertz CT molecular complexity index is 862. The van der Waals surface area contributed by atoms with Gasteiger partial charge in [-0.05, 0) is 48.1 Å². The molecule has 0 unspecified atom stereocenters. The number of hydrazine groups is 1. The highest BCUT2D eigenvalue weighted by molar-refractivity contribution is 7.80. The third kappa shape index (κ3) is 7.22. The molecule has 0 aromatic heterocycles. The van der Waals surface area contributed by atoms with Crippen LogP contribution in [0.4, 0.5) is 0 Å². The van der Waals surface area contributed by atoms with Crippen molar-refractivity contribution in [3.63, 3.8) is 0 Å². The fourth-order valence-corrected chi connectivity index (χ4v) is 2.66. The molecule has 0 spiro atoms. The molecule has 0 radical (unpaired) electrons. The van der Waals surface area contributed by atoms with Crippen molar-refractivity contribution in [1.82, 2.24) is 16.2 Å². The Labute approximate surface area is 177 Å². The van der Waals surface area contributed by atoms with E-state index in [4.69, 9.17) is 44.9 Å². The predicted octanol–water partition coefficient (Wildman–Crippen LogP) is 2.65. The molecule has 0 atom stereocenters. The summed E-state index contributed by atoms with van der Waals surface area (Å²) in [4.78, 5) is 23.7. The van der Waals surface area contributed by atoms with Crippen LogP contribution in [-0.4, -0.2) is 30.6 Å². The molecule has 0 saturated carbocycles. The second-order valence-corrected chi connectivity index (χ2v) is 6.69. The molecule has 10 heteroatoms. The zero-order chi connectivity index (χ0) is 20.5. The molecule has 0 bridgehead atoms. The number of methoxy groups -OCH3 is 1. The van der Waals surface area contributed by atoms with Crippen molar-refractivity contribution in [3.8, 4) is 11.5 Å². The standard InChI is InChI=1S/C18H17Cl2N3O4S/c1-26-13-5-2-11(3-6-13)8-16(24)22-23-18(28)21-17(25)10-27-15-7-4-12(19)9-14(15)20/h2-7,9H,8,10H2,1H3,(H,22,24)(H2,21,23,25,28). The highest BCUT2D eigenvalue weighted by Crippen LogP contribution is 2.27. The maximum atomic E-state index is 11.9. The van der Waals surface area contributed by atoms with Gasteiger partial charge in [-0.1, -0.05) is 35.3 Å². The number of carbonyl (C=O) groups is 2. The van der Waals surface area contributed by atoms with Crippen molar-refractivity contribution in [2.45, 2.75) is 6.42 Å². The van der Waals surface area contributed by atoms with Crippen molar-refractivity contribution in [3.05, 3.63) is 58.1 Å². The lowest BCUT2D eigenvalue weighted by molar-refractivity contribution is -0.122. The van der Waals surface area contributed by atoms with Crippen LogP contribution in [0.5, 0.6) is 11.5 Å². The van der Waals surface area contributed by atoms with Gasteiger partial charge in [-0.15, -0.1) is 0 Å². The van der Waals surface area contributed by atoms with Crippen molar-refractivity contribution < 1.29 is 19.1 Å². The predicted molar refractivity (Wildman–Crippen MR) is 111 cm³/mol. The third-order valence-electron chi connectivity index (χ3n) is 3.34. The molecule has 2 aromatic rings. The van der Waals surface area contributed by atoms with Crippen LogP contribution in [0.2, 0.25) is 10.0 Å². The van der Waals surface area contributed by atoms with Crippen molar-refractivity contribution in [2.75, 3.05) is 13.7 Å². The topological polar surface area (TPSA) is 88.7 Å². The average molecular weight is 442 g/mol. The van der Waals surface area contributed by atoms with Gasteiger partial charge in [-0.2, -0.15) is 0 Å². The van der Waals surface area contributed by atoms with Gasteiger partial charge in [0.05, 0.1) is 18.6 Å². The van der Waals surface area contributed by atoms with Gasteiger partial charge < -0.3 is 9.47 Å². The van der Waals surface area contributed by atoms with Crippen LogP contribution < -0.4 is 25.6 Å². The number of rotatable bonds is 6. The Kier molecular flexibility index (Phi) is 8.31. The Hall–Kier alpha value is -2.55. The van der Waals surface area contributed by atoms with Gasteiger partial charge in [0, 0.05) is 5.02 Å². The minimum Gasteiger partial charge on any atom is -0.497 e. The molecule has 0 fully saturated rings. The van der Waals surface area contributed by atoms with E-state index in [0.717, 1.165) is 5.56 Å².